The summed E-state index contributed by atoms with van der Waals surface area (Å²) >= 11 is 0. The zero-order chi connectivity index (χ0) is 24.5. The summed E-state index contributed by atoms with van der Waals surface area (Å²) in [6.45, 7) is 16.0. The lowest BCUT2D eigenvalue weighted by Crippen LogP contribution is -2.75. The van der Waals surface area contributed by atoms with Crippen LogP contribution in [0.1, 0.15) is 106 Å². The quantitative estimate of drug-likeness (QED) is 0.240. The van der Waals surface area contributed by atoms with Gasteiger partial charge < -0.3 is 4.74 Å². The fourth-order valence-corrected chi connectivity index (χ4v) is 9.63. The molecule has 0 amide bonds. The van der Waals surface area contributed by atoms with E-state index in [9.17, 15) is 4.79 Å². The van der Waals surface area contributed by atoms with Crippen molar-refractivity contribution in [2.75, 3.05) is 0 Å². The van der Waals surface area contributed by atoms with Crippen LogP contribution in [0.3, 0.4) is 0 Å². The topological polar surface area (TPSA) is 44.8 Å². The Kier molecular flexibility index (Phi) is 6.08. The first kappa shape index (κ1) is 24.8. The Bertz CT molecular complexity index is 824. The minimum absolute atomic E-state index is 0.0367. The molecule has 192 valence electrons. The predicted octanol–water partition coefficient (Wildman–Crippen LogP) is 7.27. The largest absolute Gasteiger partial charge is 0.462 e. The molecular weight excluding hydrogens is 424 g/mol. The average Bonchev–Trinajstić information content (AvgIpc) is 3.14. The number of allylic oxidation sites excluding steroid dienone is 2. The smallest absolute Gasteiger partial charge is 0.302 e. The van der Waals surface area contributed by atoms with E-state index in [0.29, 0.717) is 40.9 Å². The number of fused-ring (bicyclic) bond motifs is 3. The molecule has 10 unspecified atom stereocenters. The van der Waals surface area contributed by atoms with Gasteiger partial charge in [0.1, 0.15) is 17.3 Å². The lowest BCUT2D eigenvalue weighted by atomic mass is 9.40. The molecule has 34 heavy (non-hydrogen) atoms. The number of esters is 1. The van der Waals surface area contributed by atoms with E-state index in [4.69, 9.17) is 14.5 Å². The summed E-state index contributed by atoms with van der Waals surface area (Å²) in [6, 6.07) is 0. The molecule has 2 spiro atoms. The Hall–Kier alpha value is -0.870. The predicted molar refractivity (Wildman–Crippen MR) is 134 cm³/mol. The van der Waals surface area contributed by atoms with Gasteiger partial charge in [-0.25, -0.2) is 9.78 Å². The molecule has 4 saturated carbocycles. The molecule has 2 heterocycles. The van der Waals surface area contributed by atoms with Crippen LogP contribution < -0.4 is 0 Å². The van der Waals surface area contributed by atoms with Crippen LogP contribution in [0.15, 0.2) is 12.2 Å². The minimum Gasteiger partial charge on any atom is -0.462 e. The standard InChI is InChI=1S/C30H48O4/c1-19(2)20(3)8-9-21(4)24-10-11-25-27(24,6)14-13-26-28(7)15-12-23(32-22(5)31)18-29(28)16-17-30(25,26)34-33-29/h8-9,19-21,23-26H,10-18H2,1-7H3. The summed E-state index contributed by atoms with van der Waals surface area (Å²) in [5.74, 6) is 3.58. The lowest BCUT2D eigenvalue weighted by molar-refractivity contribution is -0.536. The van der Waals surface area contributed by atoms with Crippen LogP contribution in [0, 0.1) is 46.3 Å². The van der Waals surface area contributed by atoms with E-state index in [1.165, 1.54) is 32.6 Å². The first-order valence-corrected chi connectivity index (χ1v) is 14.2. The Morgan fingerprint density at radius 2 is 1.68 bits per heavy atom. The minimum atomic E-state index is -0.299. The highest BCUT2D eigenvalue weighted by molar-refractivity contribution is 5.66. The highest BCUT2D eigenvalue weighted by atomic mass is 17.2. The van der Waals surface area contributed by atoms with Gasteiger partial charge in [-0.2, -0.15) is 0 Å². The summed E-state index contributed by atoms with van der Waals surface area (Å²) in [6.07, 6.45) is 15.0. The Morgan fingerprint density at radius 1 is 0.912 bits per heavy atom. The number of carbonyl (C=O) groups is 1. The molecule has 0 aromatic rings. The first-order chi connectivity index (χ1) is 16.0. The van der Waals surface area contributed by atoms with Gasteiger partial charge in [0.2, 0.25) is 0 Å². The van der Waals surface area contributed by atoms with E-state index in [0.717, 1.165) is 32.1 Å². The Balaban J connectivity index is 1.39. The molecule has 4 nitrogen and oxygen atoms in total. The van der Waals surface area contributed by atoms with Crippen molar-refractivity contribution < 1.29 is 19.3 Å². The van der Waals surface area contributed by atoms with Crippen molar-refractivity contribution in [3.63, 3.8) is 0 Å². The van der Waals surface area contributed by atoms with Crippen LogP contribution in [0.2, 0.25) is 0 Å². The van der Waals surface area contributed by atoms with Crippen molar-refractivity contribution in [2.45, 2.75) is 124 Å². The van der Waals surface area contributed by atoms with Crippen LogP contribution in [-0.2, 0) is 19.3 Å². The van der Waals surface area contributed by atoms with Crippen LogP contribution in [0.25, 0.3) is 0 Å². The molecule has 0 aromatic carbocycles. The average molecular weight is 473 g/mol. The van der Waals surface area contributed by atoms with E-state index in [-0.39, 0.29) is 28.7 Å². The maximum absolute atomic E-state index is 11.6. The van der Waals surface area contributed by atoms with Gasteiger partial charge in [-0.3, -0.25) is 4.79 Å². The van der Waals surface area contributed by atoms with Gasteiger partial charge in [0.15, 0.2) is 0 Å². The van der Waals surface area contributed by atoms with Crippen molar-refractivity contribution in [2.24, 2.45) is 46.3 Å². The summed E-state index contributed by atoms with van der Waals surface area (Å²) in [4.78, 5) is 24.8. The van der Waals surface area contributed by atoms with Gasteiger partial charge in [-0.05, 0) is 92.3 Å². The summed E-state index contributed by atoms with van der Waals surface area (Å²) in [5.41, 5.74) is -0.0150. The number of hydrogen-bond acceptors (Lipinski definition) is 4. The number of ether oxygens (including phenoxy) is 1. The SMILES string of the molecule is CC(=O)OC1CCC2(C)C3CCC4(C)C(C(C)C=CC(C)C(C)C)CCC4C34CCC2(C1)OO4. The molecule has 2 bridgehead atoms. The number of hydrogen-bond donors (Lipinski definition) is 0. The maximum atomic E-state index is 11.6. The van der Waals surface area contributed by atoms with Crippen LogP contribution in [-0.4, -0.2) is 23.3 Å². The highest BCUT2D eigenvalue weighted by Crippen LogP contribution is 2.74. The van der Waals surface area contributed by atoms with Crippen molar-refractivity contribution in [3.8, 4) is 0 Å². The third-order valence-electron chi connectivity index (χ3n) is 11.9. The van der Waals surface area contributed by atoms with Gasteiger partial charge in [0.25, 0.3) is 0 Å². The summed E-state index contributed by atoms with van der Waals surface area (Å²) < 4.78 is 5.66. The van der Waals surface area contributed by atoms with Gasteiger partial charge in [-0.15, -0.1) is 0 Å². The molecule has 0 radical (unpaired) electrons. The Labute approximate surface area is 207 Å². The molecule has 4 aliphatic carbocycles. The van der Waals surface area contributed by atoms with Gasteiger partial charge >= 0.3 is 5.97 Å². The zero-order valence-electron chi connectivity index (χ0n) is 22.7. The molecule has 10 atom stereocenters. The Morgan fingerprint density at radius 3 is 2.32 bits per heavy atom. The van der Waals surface area contributed by atoms with E-state index in [1.807, 2.05) is 0 Å². The molecule has 6 rings (SSSR count). The van der Waals surface area contributed by atoms with Crippen LogP contribution >= 0.6 is 0 Å². The molecular formula is C30H48O4. The molecule has 6 fully saturated rings. The molecule has 4 heteroatoms. The monoisotopic (exact) mass is 472 g/mol. The molecule has 0 aromatic heterocycles. The molecule has 2 saturated heterocycles. The maximum Gasteiger partial charge on any atom is 0.302 e. The third kappa shape index (κ3) is 3.40. The summed E-state index contributed by atoms with van der Waals surface area (Å²) in [5, 5.41) is 0. The summed E-state index contributed by atoms with van der Waals surface area (Å²) in [7, 11) is 0. The second-order valence-electron chi connectivity index (χ2n) is 13.7. The van der Waals surface area contributed by atoms with Crippen molar-refractivity contribution in [1.82, 2.24) is 0 Å². The fraction of sp³-hybridized carbons (Fsp3) is 0.900. The number of carbonyl (C=O) groups excluding carboxylic acids is 1. The van der Waals surface area contributed by atoms with E-state index >= 15 is 0 Å². The van der Waals surface area contributed by atoms with Crippen LogP contribution in [0.5, 0.6) is 0 Å². The first-order valence-electron chi connectivity index (χ1n) is 14.2. The van der Waals surface area contributed by atoms with Crippen molar-refractivity contribution >= 4 is 5.97 Å². The van der Waals surface area contributed by atoms with Crippen molar-refractivity contribution in [3.05, 3.63) is 12.2 Å². The fourth-order valence-electron chi connectivity index (χ4n) is 9.63. The van der Waals surface area contributed by atoms with Crippen molar-refractivity contribution in [1.29, 1.82) is 0 Å². The second-order valence-corrected chi connectivity index (χ2v) is 13.7. The highest BCUT2D eigenvalue weighted by Gasteiger charge is 2.76. The second kappa shape index (κ2) is 8.33. The normalized spacial score (nSPS) is 49.4. The van der Waals surface area contributed by atoms with Gasteiger partial charge in [-0.1, -0.05) is 53.7 Å². The van der Waals surface area contributed by atoms with Gasteiger partial charge in [0.05, 0.1) is 0 Å². The third-order valence-corrected chi connectivity index (χ3v) is 11.9. The number of rotatable bonds is 5. The van der Waals surface area contributed by atoms with Crippen LogP contribution in [0.4, 0.5) is 0 Å². The van der Waals surface area contributed by atoms with E-state index < -0.39 is 0 Å². The zero-order valence-corrected chi connectivity index (χ0v) is 22.7. The van der Waals surface area contributed by atoms with E-state index in [1.54, 1.807) is 0 Å². The molecule has 2 aliphatic heterocycles. The molecule has 0 N–H and O–H groups in total. The van der Waals surface area contributed by atoms with E-state index in [2.05, 4.69) is 53.7 Å². The lowest BCUT2D eigenvalue weighted by Gasteiger charge is -2.72. The van der Waals surface area contributed by atoms with Gasteiger partial charge in [0, 0.05) is 18.8 Å². The molecule has 6 aliphatic rings.